The quantitative estimate of drug-likeness (QED) is 0.749. The van der Waals surface area contributed by atoms with Crippen LogP contribution in [0, 0.1) is 0 Å². The summed E-state index contributed by atoms with van der Waals surface area (Å²) in [4.78, 5) is 11.0. The second-order valence-electron chi connectivity index (χ2n) is 5.28. The minimum atomic E-state index is -0.810. The minimum absolute atomic E-state index is 0.488. The van der Waals surface area contributed by atoms with Crippen LogP contribution >= 0.6 is 0 Å². The molecule has 116 valence electrons. The maximum atomic E-state index is 11.0. The first-order valence-corrected chi connectivity index (χ1v) is 7.51. The fourth-order valence-electron chi connectivity index (χ4n) is 2.21. The van der Waals surface area contributed by atoms with Crippen LogP contribution in [0.15, 0.2) is 79.4 Å². The highest BCUT2D eigenvalue weighted by Gasteiger charge is 2.12. The van der Waals surface area contributed by atoms with Crippen molar-refractivity contribution in [1.29, 1.82) is 0 Å². The molecular formula is C21H20O2. The molecule has 1 N–H and O–H groups in total. The van der Waals surface area contributed by atoms with Crippen molar-refractivity contribution in [1.82, 2.24) is 0 Å². The van der Waals surface area contributed by atoms with Crippen LogP contribution in [-0.4, -0.2) is 11.1 Å². The van der Waals surface area contributed by atoms with Crippen LogP contribution in [0.5, 0.6) is 0 Å². The molecule has 0 saturated heterocycles. The summed E-state index contributed by atoms with van der Waals surface area (Å²) in [5, 5.41) is 9.01. The number of hydrogen-bond donors (Lipinski definition) is 1. The lowest BCUT2D eigenvalue weighted by Gasteiger charge is -2.06. The molecule has 2 rings (SSSR count). The third-order valence-electron chi connectivity index (χ3n) is 3.70. The topological polar surface area (TPSA) is 37.3 Å². The molecule has 0 fully saturated rings. The molecule has 0 aliphatic rings. The van der Waals surface area contributed by atoms with Crippen LogP contribution in [0.25, 0.3) is 11.6 Å². The van der Waals surface area contributed by atoms with E-state index in [0.29, 0.717) is 0 Å². The predicted molar refractivity (Wildman–Crippen MR) is 96.1 cm³/mol. The van der Waals surface area contributed by atoms with Gasteiger partial charge in [-0.25, -0.2) is 0 Å². The molecule has 1 unspecified atom stereocenters. The highest BCUT2D eigenvalue weighted by Crippen LogP contribution is 2.18. The van der Waals surface area contributed by atoms with E-state index in [2.05, 4.69) is 6.58 Å². The Morgan fingerprint density at radius 3 is 2.30 bits per heavy atom. The van der Waals surface area contributed by atoms with E-state index in [4.69, 9.17) is 5.11 Å². The van der Waals surface area contributed by atoms with Gasteiger partial charge in [-0.1, -0.05) is 85.5 Å². The van der Waals surface area contributed by atoms with Gasteiger partial charge in [0, 0.05) is 0 Å². The van der Waals surface area contributed by atoms with Crippen molar-refractivity contribution in [2.24, 2.45) is 0 Å². The normalized spacial score (nSPS) is 13.0. The number of carboxylic acids is 1. The van der Waals surface area contributed by atoms with Gasteiger partial charge in [-0.05, 0) is 29.2 Å². The van der Waals surface area contributed by atoms with Crippen LogP contribution in [0.1, 0.15) is 29.5 Å². The maximum Gasteiger partial charge on any atom is 0.310 e. The molecule has 0 saturated carbocycles. The average molecular weight is 304 g/mol. The molecular weight excluding hydrogens is 284 g/mol. The van der Waals surface area contributed by atoms with Crippen LogP contribution in [-0.2, 0) is 4.79 Å². The van der Waals surface area contributed by atoms with E-state index in [1.165, 1.54) is 0 Å². The van der Waals surface area contributed by atoms with Crippen molar-refractivity contribution in [3.05, 3.63) is 96.1 Å². The van der Waals surface area contributed by atoms with Crippen molar-refractivity contribution in [3.8, 4) is 0 Å². The molecule has 0 radical (unpaired) electrons. The van der Waals surface area contributed by atoms with E-state index in [1.807, 2.05) is 78.9 Å². The van der Waals surface area contributed by atoms with Crippen molar-refractivity contribution < 1.29 is 9.90 Å². The zero-order valence-corrected chi connectivity index (χ0v) is 13.1. The van der Waals surface area contributed by atoms with E-state index < -0.39 is 11.9 Å². The van der Waals surface area contributed by atoms with E-state index in [1.54, 1.807) is 6.92 Å². The van der Waals surface area contributed by atoms with E-state index in [9.17, 15) is 4.79 Å². The van der Waals surface area contributed by atoms with Crippen molar-refractivity contribution in [2.75, 3.05) is 0 Å². The number of carbonyl (C=O) groups is 1. The molecule has 0 bridgehead atoms. The van der Waals surface area contributed by atoms with Crippen LogP contribution < -0.4 is 0 Å². The third kappa shape index (κ3) is 4.55. The lowest BCUT2D eigenvalue weighted by molar-refractivity contribution is -0.138. The Kier molecular flexibility index (Phi) is 5.70. The average Bonchev–Trinajstić information content (AvgIpc) is 2.59. The van der Waals surface area contributed by atoms with Crippen LogP contribution in [0.2, 0.25) is 0 Å². The number of benzene rings is 2. The Morgan fingerprint density at radius 2 is 1.74 bits per heavy atom. The van der Waals surface area contributed by atoms with Crippen LogP contribution in [0.3, 0.4) is 0 Å². The molecule has 0 spiro atoms. The molecule has 0 aliphatic carbocycles. The summed E-state index contributed by atoms with van der Waals surface area (Å²) in [6.45, 7) is 5.54. The standard InChI is InChI=1S/C21H20O2/c1-3-18(20-9-5-4-6-10-20)11-7-8-17-12-14-19(15-13-17)16(2)21(22)23/h3-16H,1H2,2H3,(H,22,23)/b8-7+,18-11+. The van der Waals surface area contributed by atoms with Gasteiger partial charge in [0.1, 0.15) is 0 Å². The third-order valence-corrected chi connectivity index (χ3v) is 3.70. The molecule has 23 heavy (non-hydrogen) atoms. The van der Waals surface area contributed by atoms with Gasteiger partial charge in [0.15, 0.2) is 0 Å². The number of carboxylic acid groups (broad SMARTS) is 1. The monoisotopic (exact) mass is 304 g/mol. The molecule has 0 amide bonds. The molecule has 0 aliphatic heterocycles. The number of rotatable bonds is 6. The Morgan fingerprint density at radius 1 is 1.09 bits per heavy atom. The van der Waals surface area contributed by atoms with Gasteiger partial charge in [0.25, 0.3) is 0 Å². The van der Waals surface area contributed by atoms with Crippen molar-refractivity contribution in [2.45, 2.75) is 12.8 Å². The molecule has 1 atom stereocenters. The molecule has 2 heteroatoms. The zero-order chi connectivity index (χ0) is 16.7. The van der Waals surface area contributed by atoms with Crippen LogP contribution in [0.4, 0.5) is 0 Å². The summed E-state index contributed by atoms with van der Waals surface area (Å²) >= 11 is 0. The van der Waals surface area contributed by atoms with Crippen molar-refractivity contribution in [3.63, 3.8) is 0 Å². The van der Waals surface area contributed by atoms with E-state index in [0.717, 1.165) is 22.3 Å². The fourth-order valence-corrected chi connectivity index (χ4v) is 2.21. The Labute approximate surface area is 137 Å². The van der Waals surface area contributed by atoms with Gasteiger partial charge in [0.05, 0.1) is 5.92 Å². The number of aliphatic carboxylic acids is 1. The predicted octanol–water partition coefficient (Wildman–Crippen LogP) is 5.16. The lowest BCUT2D eigenvalue weighted by atomic mass is 10.00. The Balaban J connectivity index is 2.12. The molecule has 0 heterocycles. The summed E-state index contributed by atoms with van der Waals surface area (Å²) in [5.41, 5.74) is 4.01. The highest BCUT2D eigenvalue weighted by atomic mass is 16.4. The fraction of sp³-hybridized carbons (Fsp3) is 0.0952. The van der Waals surface area contributed by atoms with Gasteiger partial charge >= 0.3 is 5.97 Å². The van der Waals surface area contributed by atoms with E-state index in [-0.39, 0.29) is 0 Å². The summed E-state index contributed by atoms with van der Waals surface area (Å²) in [5.74, 6) is -1.30. The Hall–Kier alpha value is -2.87. The summed E-state index contributed by atoms with van der Waals surface area (Å²) < 4.78 is 0. The SMILES string of the molecule is C=C/C(=C\C=C\c1ccc(C(C)C(=O)O)cc1)c1ccccc1. The second-order valence-corrected chi connectivity index (χ2v) is 5.28. The van der Waals surface area contributed by atoms with Gasteiger partial charge in [-0.15, -0.1) is 0 Å². The van der Waals surface area contributed by atoms with Crippen molar-refractivity contribution >= 4 is 17.6 Å². The number of hydrogen-bond acceptors (Lipinski definition) is 1. The largest absolute Gasteiger partial charge is 0.481 e. The molecule has 2 nitrogen and oxygen atoms in total. The first kappa shape index (κ1) is 16.5. The smallest absolute Gasteiger partial charge is 0.310 e. The summed E-state index contributed by atoms with van der Waals surface area (Å²) in [7, 11) is 0. The maximum absolute atomic E-state index is 11.0. The minimum Gasteiger partial charge on any atom is -0.481 e. The molecule has 2 aromatic rings. The molecule has 2 aromatic carbocycles. The highest BCUT2D eigenvalue weighted by molar-refractivity contribution is 5.76. The molecule has 0 aromatic heterocycles. The van der Waals surface area contributed by atoms with Gasteiger partial charge in [-0.2, -0.15) is 0 Å². The Bertz CT molecular complexity index is 722. The van der Waals surface area contributed by atoms with Gasteiger partial charge in [-0.3, -0.25) is 4.79 Å². The summed E-state index contributed by atoms with van der Waals surface area (Å²) in [6, 6.07) is 17.6. The van der Waals surface area contributed by atoms with E-state index >= 15 is 0 Å². The first-order chi connectivity index (χ1) is 11.1. The first-order valence-electron chi connectivity index (χ1n) is 7.51. The lowest BCUT2D eigenvalue weighted by Crippen LogP contribution is -2.06. The van der Waals surface area contributed by atoms with Gasteiger partial charge in [0.2, 0.25) is 0 Å². The number of allylic oxidation sites excluding steroid dienone is 4. The zero-order valence-electron chi connectivity index (χ0n) is 13.1. The summed E-state index contributed by atoms with van der Waals surface area (Å²) in [6.07, 6.45) is 7.80. The van der Waals surface area contributed by atoms with Gasteiger partial charge < -0.3 is 5.11 Å². The second kappa shape index (κ2) is 7.95.